The molecule has 4 heteroatoms. The summed E-state index contributed by atoms with van der Waals surface area (Å²) in [6.07, 6.45) is 2.37. The first-order valence-corrected chi connectivity index (χ1v) is 4.64. The van der Waals surface area contributed by atoms with Gasteiger partial charge in [0.2, 0.25) is 0 Å². The van der Waals surface area contributed by atoms with Crippen molar-refractivity contribution in [1.82, 2.24) is 9.97 Å². The molecule has 0 aliphatic heterocycles. The molecular weight excluding hydrogens is 182 g/mol. The van der Waals surface area contributed by atoms with E-state index in [0.29, 0.717) is 16.1 Å². The smallest absolute Gasteiger partial charge is 0.147 e. The van der Waals surface area contributed by atoms with E-state index in [4.69, 9.17) is 17.5 Å². The summed E-state index contributed by atoms with van der Waals surface area (Å²) >= 11 is 5.02. The molecule has 1 aliphatic rings. The highest BCUT2D eigenvalue weighted by Crippen LogP contribution is 2.38. The summed E-state index contributed by atoms with van der Waals surface area (Å²) in [6.45, 7) is 1.86. The van der Waals surface area contributed by atoms with Crippen LogP contribution in [0.15, 0.2) is 0 Å². The van der Waals surface area contributed by atoms with Crippen LogP contribution < -0.4 is 0 Å². The maximum absolute atomic E-state index is 8.77. The Morgan fingerprint density at radius 1 is 1.62 bits per heavy atom. The highest BCUT2D eigenvalue weighted by Gasteiger charge is 2.26. The molecule has 1 aromatic rings. The molecule has 0 atom stereocenters. The van der Waals surface area contributed by atoms with Gasteiger partial charge in [0.25, 0.3) is 0 Å². The van der Waals surface area contributed by atoms with Crippen molar-refractivity contribution in [2.24, 2.45) is 0 Å². The second-order valence-electron chi connectivity index (χ2n) is 3.31. The zero-order valence-electron chi connectivity index (χ0n) is 7.29. The number of hydrogen-bond donors (Lipinski definition) is 1. The third-order valence-corrected chi connectivity index (χ3v) is 2.50. The SMILES string of the molecule is Cc1[nH]c(C2CC2)nc(=S)c1C#N. The molecule has 66 valence electrons. The molecule has 2 rings (SSSR count). The predicted octanol–water partition coefficient (Wildman–Crippen LogP) is 2.20. The first-order chi connectivity index (χ1) is 6.22. The quantitative estimate of drug-likeness (QED) is 0.692. The van der Waals surface area contributed by atoms with Crippen LogP contribution in [0.25, 0.3) is 0 Å². The van der Waals surface area contributed by atoms with Crippen molar-refractivity contribution < 1.29 is 0 Å². The normalized spacial score (nSPS) is 15.4. The first-order valence-electron chi connectivity index (χ1n) is 4.23. The number of aryl methyl sites for hydroxylation is 1. The van der Waals surface area contributed by atoms with Gasteiger partial charge in [0.05, 0.1) is 0 Å². The Morgan fingerprint density at radius 3 is 2.77 bits per heavy atom. The van der Waals surface area contributed by atoms with Gasteiger partial charge in [0.1, 0.15) is 22.1 Å². The minimum Gasteiger partial charge on any atom is -0.346 e. The van der Waals surface area contributed by atoms with Crippen molar-refractivity contribution >= 4 is 12.2 Å². The van der Waals surface area contributed by atoms with E-state index >= 15 is 0 Å². The zero-order valence-corrected chi connectivity index (χ0v) is 8.11. The average Bonchev–Trinajstić information content (AvgIpc) is 2.85. The lowest BCUT2D eigenvalue weighted by atomic mass is 10.2. The van der Waals surface area contributed by atoms with Gasteiger partial charge in [-0.25, -0.2) is 4.98 Å². The van der Waals surface area contributed by atoms with Gasteiger partial charge in [-0.1, -0.05) is 12.2 Å². The summed E-state index contributed by atoms with van der Waals surface area (Å²) in [6, 6.07) is 2.05. The van der Waals surface area contributed by atoms with Gasteiger partial charge < -0.3 is 4.98 Å². The largest absolute Gasteiger partial charge is 0.346 e. The molecule has 0 saturated heterocycles. The van der Waals surface area contributed by atoms with Gasteiger partial charge in [-0.2, -0.15) is 5.26 Å². The Hall–Kier alpha value is -1.21. The van der Waals surface area contributed by atoms with Gasteiger partial charge in [0, 0.05) is 11.6 Å². The van der Waals surface area contributed by atoms with Gasteiger partial charge in [-0.15, -0.1) is 0 Å². The number of nitrogens with one attached hydrogen (secondary N) is 1. The van der Waals surface area contributed by atoms with E-state index in [1.807, 2.05) is 6.92 Å². The van der Waals surface area contributed by atoms with Crippen LogP contribution in [0.3, 0.4) is 0 Å². The van der Waals surface area contributed by atoms with Crippen LogP contribution in [0.4, 0.5) is 0 Å². The maximum atomic E-state index is 8.77. The summed E-state index contributed by atoms with van der Waals surface area (Å²) < 4.78 is 0.431. The van der Waals surface area contributed by atoms with Gasteiger partial charge >= 0.3 is 0 Å². The Morgan fingerprint density at radius 2 is 2.31 bits per heavy atom. The molecule has 1 saturated carbocycles. The third-order valence-electron chi connectivity index (χ3n) is 2.20. The van der Waals surface area contributed by atoms with Crippen molar-refractivity contribution in [2.75, 3.05) is 0 Å². The summed E-state index contributed by atoms with van der Waals surface area (Å²) in [4.78, 5) is 7.33. The lowest BCUT2D eigenvalue weighted by Crippen LogP contribution is -1.99. The molecule has 0 unspecified atom stereocenters. The fourth-order valence-corrected chi connectivity index (χ4v) is 1.59. The van der Waals surface area contributed by atoms with E-state index in [-0.39, 0.29) is 0 Å². The fourth-order valence-electron chi connectivity index (χ4n) is 1.29. The summed E-state index contributed by atoms with van der Waals surface area (Å²) in [5.41, 5.74) is 1.34. The molecule has 0 radical (unpaired) electrons. The number of nitriles is 1. The Bertz CT molecular complexity index is 437. The molecule has 1 aromatic heterocycles. The molecule has 0 spiro atoms. The second-order valence-corrected chi connectivity index (χ2v) is 3.70. The van der Waals surface area contributed by atoms with E-state index < -0.39 is 0 Å². The fraction of sp³-hybridized carbons (Fsp3) is 0.444. The highest BCUT2D eigenvalue weighted by molar-refractivity contribution is 7.71. The third kappa shape index (κ3) is 1.47. The number of nitrogens with zero attached hydrogens (tertiary/aromatic N) is 2. The first kappa shape index (κ1) is 8.39. The Kier molecular flexibility index (Phi) is 1.89. The topological polar surface area (TPSA) is 52.5 Å². The van der Waals surface area contributed by atoms with Crippen LogP contribution in [0.2, 0.25) is 0 Å². The number of H-pyrrole nitrogens is 1. The molecule has 3 nitrogen and oxygen atoms in total. The van der Waals surface area contributed by atoms with Crippen LogP contribution in [-0.2, 0) is 0 Å². The van der Waals surface area contributed by atoms with Gasteiger partial charge in [-0.05, 0) is 19.8 Å². The molecule has 0 bridgehead atoms. The van der Waals surface area contributed by atoms with Crippen LogP contribution in [-0.4, -0.2) is 9.97 Å². The van der Waals surface area contributed by atoms with Crippen molar-refractivity contribution in [2.45, 2.75) is 25.7 Å². The van der Waals surface area contributed by atoms with E-state index in [9.17, 15) is 0 Å². The zero-order chi connectivity index (χ0) is 9.42. The summed E-state index contributed by atoms with van der Waals surface area (Å²) in [7, 11) is 0. The van der Waals surface area contributed by atoms with E-state index in [0.717, 1.165) is 11.5 Å². The molecule has 13 heavy (non-hydrogen) atoms. The van der Waals surface area contributed by atoms with Crippen molar-refractivity contribution in [3.63, 3.8) is 0 Å². The number of aromatic nitrogens is 2. The molecule has 1 N–H and O–H groups in total. The molecule has 0 amide bonds. The van der Waals surface area contributed by atoms with Crippen LogP contribution >= 0.6 is 12.2 Å². The van der Waals surface area contributed by atoms with E-state index in [1.165, 1.54) is 12.8 Å². The van der Waals surface area contributed by atoms with Crippen LogP contribution in [0.1, 0.15) is 35.8 Å². The van der Waals surface area contributed by atoms with E-state index in [1.54, 1.807) is 0 Å². The number of rotatable bonds is 1. The molecular formula is C9H9N3S. The average molecular weight is 191 g/mol. The minimum absolute atomic E-state index is 0.431. The monoisotopic (exact) mass is 191 g/mol. The van der Waals surface area contributed by atoms with Gasteiger partial charge in [0.15, 0.2) is 0 Å². The molecule has 1 fully saturated rings. The van der Waals surface area contributed by atoms with Crippen molar-refractivity contribution in [1.29, 1.82) is 5.26 Å². The molecule has 1 aliphatic carbocycles. The number of hydrogen-bond acceptors (Lipinski definition) is 3. The van der Waals surface area contributed by atoms with Crippen molar-refractivity contribution in [3.8, 4) is 6.07 Å². The second kappa shape index (κ2) is 2.93. The lowest BCUT2D eigenvalue weighted by Gasteiger charge is -2.01. The minimum atomic E-state index is 0.431. The van der Waals surface area contributed by atoms with E-state index in [2.05, 4.69) is 16.0 Å². The van der Waals surface area contributed by atoms with Gasteiger partial charge in [-0.3, -0.25) is 0 Å². The van der Waals surface area contributed by atoms with Crippen LogP contribution in [0.5, 0.6) is 0 Å². The summed E-state index contributed by atoms with van der Waals surface area (Å²) in [5.74, 6) is 1.50. The lowest BCUT2D eigenvalue weighted by molar-refractivity contribution is 0.894. The highest BCUT2D eigenvalue weighted by atomic mass is 32.1. The Balaban J connectivity index is 2.56. The maximum Gasteiger partial charge on any atom is 0.147 e. The number of aromatic amines is 1. The summed E-state index contributed by atoms with van der Waals surface area (Å²) in [5, 5.41) is 8.77. The van der Waals surface area contributed by atoms with Crippen molar-refractivity contribution in [3.05, 3.63) is 21.7 Å². The van der Waals surface area contributed by atoms with Crippen LogP contribution in [0, 0.1) is 22.9 Å². The molecule has 1 heterocycles. The Labute approximate surface area is 81.4 Å². The predicted molar refractivity (Wildman–Crippen MR) is 50.8 cm³/mol. The standard InChI is InChI=1S/C9H9N3S/c1-5-7(4-10)9(13)12-8(11-5)6-2-3-6/h6H,2-3H2,1H3,(H,11,12,13). The molecule has 0 aromatic carbocycles.